The first-order valence-electron chi connectivity index (χ1n) is 4.85. The summed E-state index contributed by atoms with van der Waals surface area (Å²) >= 11 is 0. The van der Waals surface area contributed by atoms with Crippen molar-refractivity contribution in [3.63, 3.8) is 0 Å². The smallest absolute Gasteiger partial charge is 0.201 e. The van der Waals surface area contributed by atoms with Crippen molar-refractivity contribution < 1.29 is 13.5 Å². The number of nitrogens with two attached hydrogens (primary N) is 1. The van der Waals surface area contributed by atoms with Crippen LogP contribution in [-0.2, 0) is 0 Å². The van der Waals surface area contributed by atoms with Crippen molar-refractivity contribution in [3.05, 3.63) is 29.3 Å². The molecule has 1 aromatic rings. The average molecular weight is 224 g/mol. The zero-order valence-corrected chi connectivity index (χ0v) is 8.46. The lowest BCUT2D eigenvalue weighted by Gasteiger charge is -2.12. The lowest BCUT2D eigenvalue weighted by atomic mass is 10.2. The van der Waals surface area contributed by atoms with Gasteiger partial charge in [0.15, 0.2) is 11.6 Å². The zero-order valence-electron chi connectivity index (χ0n) is 8.46. The van der Waals surface area contributed by atoms with Crippen molar-refractivity contribution in [1.29, 1.82) is 5.26 Å². The SMILES string of the molecule is N#Cc1ccc(OCC2(N)CC2)c(F)c1F. The maximum Gasteiger partial charge on any atom is 0.201 e. The quantitative estimate of drug-likeness (QED) is 0.850. The molecule has 3 nitrogen and oxygen atoms in total. The Morgan fingerprint density at radius 1 is 1.38 bits per heavy atom. The van der Waals surface area contributed by atoms with Gasteiger partial charge in [-0.05, 0) is 25.0 Å². The molecule has 1 fully saturated rings. The van der Waals surface area contributed by atoms with Crippen LogP contribution in [0.5, 0.6) is 5.75 Å². The summed E-state index contributed by atoms with van der Waals surface area (Å²) < 4.78 is 31.6. The minimum Gasteiger partial charge on any atom is -0.488 e. The first-order valence-corrected chi connectivity index (χ1v) is 4.85. The fourth-order valence-electron chi connectivity index (χ4n) is 1.26. The highest BCUT2D eigenvalue weighted by Crippen LogP contribution is 2.33. The van der Waals surface area contributed by atoms with Gasteiger partial charge in [-0.1, -0.05) is 0 Å². The molecule has 0 amide bonds. The van der Waals surface area contributed by atoms with Crippen LogP contribution < -0.4 is 10.5 Å². The largest absolute Gasteiger partial charge is 0.488 e. The summed E-state index contributed by atoms with van der Waals surface area (Å²) in [5.74, 6) is -2.52. The van der Waals surface area contributed by atoms with Crippen molar-refractivity contribution in [2.45, 2.75) is 18.4 Å². The Bertz CT molecular complexity index is 464. The molecule has 0 unspecified atom stereocenters. The van der Waals surface area contributed by atoms with Gasteiger partial charge < -0.3 is 10.5 Å². The molecule has 0 radical (unpaired) electrons. The van der Waals surface area contributed by atoms with Gasteiger partial charge in [0.25, 0.3) is 0 Å². The Hall–Kier alpha value is -1.67. The van der Waals surface area contributed by atoms with E-state index in [9.17, 15) is 8.78 Å². The van der Waals surface area contributed by atoms with Gasteiger partial charge in [-0.25, -0.2) is 4.39 Å². The Morgan fingerprint density at radius 2 is 2.06 bits per heavy atom. The summed E-state index contributed by atoms with van der Waals surface area (Å²) in [5.41, 5.74) is 5.02. The number of benzene rings is 1. The number of nitriles is 1. The molecule has 0 aromatic heterocycles. The zero-order chi connectivity index (χ0) is 11.8. The van der Waals surface area contributed by atoms with Gasteiger partial charge in [0, 0.05) is 0 Å². The molecule has 1 aliphatic carbocycles. The Morgan fingerprint density at radius 3 is 2.62 bits per heavy atom. The van der Waals surface area contributed by atoms with Crippen LogP contribution in [0.15, 0.2) is 12.1 Å². The first-order chi connectivity index (χ1) is 7.56. The van der Waals surface area contributed by atoms with Crippen LogP contribution in [0, 0.1) is 23.0 Å². The second-order valence-electron chi connectivity index (χ2n) is 4.00. The lowest BCUT2D eigenvalue weighted by molar-refractivity contribution is 0.263. The molecule has 84 valence electrons. The van der Waals surface area contributed by atoms with E-state index in [0.29, 0.717) is 0 Å². The highest BCUT2D eigenvalue weighted by molar-refractivity contribution is 5.37. The summed E-state index contributed by atoms with van der Waals surface area (Å²) in [6.07, 6.45) is 1.65. The van der Waals surface area contributed by atoms with Gasteiger partial charge in [-0.15, -0.1) is 0 Å². The molecule has 0 spiro atoms. The molecule has 0 atom stereocenters. The number of halogens is 2. The second kappa shape index (κ2) is 3.72. The van der Waals surface area contributed by atoms with Gasteiger partial charge in [0.1, 0.15) is 12.7 Å². The molecule has 2 N–H and O–H groups in total. The number of hydrogen-bond donors (Lipinski definition) is 1. The van der Waals surface area contributed by atoms with E-state index in [0.717, 1.165) is 12.8 Å². The molecule has 1 aliphatic rings. The Kier molecular flexibility index (Phi) is 2.52. The number of ether oxygens (including phenoxy) is 1. The van der Waals surface area contributed by atoms with Crippen LogP contribution in [0.3, 0.4) is 0 Å². The van der Waals surface area contributed by atoms with Gasteiger partial charge in [0.05, 0.1) is 11.1 Å². The molecule has 5 heteroatoms. The maximum atomic E-state index is 13.4. The Labute approximate surface area is 91.4 Å². The predicted octanol–water partition coefficient (Wildman–Crippen LogP) is 1.71. The Balaban J connectivity index is 2.16. The van der Waals surface area contributed by atoms with E-state index in [2.05, 4.69) is 0 Å². The molecule has 1 aromatic carbocycles. The van der Waals surface area contributed by atoms with Crippen molar-refractivity contribution in [2.24, 2.45) is 5.73 Å². The summed E-state index contributed by atoms with van der Waals surface area (Å²) in [6.45, 7) is 0.162. The van der Waals surface area contributed by atoms with Crippen molar-refractivity contribution >= 4 is 0 Å². The molecule has 0 aliphatic heterocycles. The highest BCUT2D eigenvalue weighted by atomic mass is 19.2. The van der Waals surface area contributed by atoms with E-state index in [-0.39, 0.29) is 17.9 Å². The van der Waals surface area contributed by atoms with Crippen LogP contribution in [-0.4, -0.2) is 12.1 Å². The van der Waals surface area contributed by atoms with Crippen LogP contribution in [0.1, 0.15) is 18.4 Å². The molecule has 0 saturated heterocycles. The van der Waals surface area contributed by atoms with E-state index >= 15 is 0 Å². The van der Waals surface area contributed by atoms with Gasteiger partial charge in [-0.3, -0.25) is 0 Å². The fraction of sp³-hybridized carbons (Fsp3) is 0.364. The number of hydrogen-bond acceptors (Lipinski definition) is 3. The van der Waals surface area contributed by atoms with Crippen LogP contribution in [0.4, 0.5) is 8.78 Å². The lowest BCUT2D eigenvalue weighted by Crippen LogP contribution is -2.30. The maximum absolute atomic E-state index is 13.4. The topological polar surface area (TPSA) is 59.0 Å². The molecular weight excluding hydrogens is 214 g/mol. The fourth-order valence-corrected chi connectivity index (χ4v) is 1.26. The number of nitrogens with zero attached hydrogens (tertiary/aromatic N) is 1. The summed E-state index contributed by atoms with van der Waals surface area (Å²) in [5, 5.41) is 8.49. The van der Waals surface area contributed by atoms with Gasteiger partial charge in [0.2, 0.25) is 5.82 Å². The van der Waals surface area contributed by atoms with E-state index in [1.165, 1.54) is 12.1 Å². The van der Waals surface area contributed by atoms with Crippen LogP contribution >= 0.6 is 0 Å². The summed E-state index contributed by atoms with van der Waals surface area (Å²) in [6, 6.07) is 3.98. The predicted molar refractivity (Wildman–Crippen MR) is 52.7 cm³/mol. The first kappa shape index (κ1) is 10.8. The van der Waals surface area contributed by atoms with Crippen molar-refractivity contribution in [2.75, 3.05) is 6.61 Å². The van der Waals surface area contributed by atoms with E-state index in [4.69, 9.17) is 15.7 Å². The molecular formula is C11H10F2N2O. The van der Waals surface area contributed by atoms with Crippen molar-refractivity contribution in [3.8, 4) is 11.8 Å². The third-order valence-electron chi connectivity index (χ3n) is 2.57. The molecule has 1 saturated carbocycles. The van der Waals surface area contributed by atoms with E-state index in [1.54, 1.807) is 6.07 Å². The molecule has 0 heterocycles. The molecule has 2 rings (SSSR count). The minimum absolute atomic E-state index is 0.162. The van der Waals surface area contributed by atoms with Gasteiger partial charge in [-0.2, -0.15) is 9.65 Å². The summed E-state index contributed by atoms with van der Waals surface area (Å²) in [7, 11) is 0. The normalized spacial score (nSPS) is 16.6. The standard InChI is InChI=1S/C11H10F2N2O/c12-9-7(5-14)1-2-8(10(9)13)16-6-11(15)3-4-11/h1-2H,3-4,6,15H2. The third kappa shape index (κ3) is 1.97. The van der Waals surface area contributed by atoms with Gasteiger partial charge >= 0.3 is 0 Å². The molecule has 16 heavy (non-hydrogen) atoms. The van der Waals surface area contributed by atoms with E-state index < -0.39 is 17.2 Å². The summed E-state index contributed by atoms with van der Waals surface area (Å²) in [4.78, 5) is 0. The minimum atomic E-state index is -1.18. The third-order valence-corrected chi connectivity index (χ3v) is 2.57. The van der Waals surface area contributed by atoms with Crippen LogP contribution in [0.2, 0.25) is 0 Å². The highest BCUT2D eigenvalue weighted by Gasteiger charge is 2.39. The van der Waals surface area contributed by atoms with Crippen molar-refractivity contribution in [1.82, 2.24) is 0 Å². The molecule has 0 bridgehead atoms. The monoisotopic (exact) mass is 224 g/mol. The average Bonchev–Trinajstić information content (AvgIpc) is 2.99. The van der Waals surface area contributed by atoms with Crippen LogP contribution in [0.25, 0.3) is 0 Å². The number of rotatable bonds is 3. The van der Waals surface area contributed by atoms with E-state index in [1.807, 2.05) is 0 Å². The second-order valence-corrected chi connectivity index (χ2v) is 4.00.